The van der Waals surface area contributed by atoms with E-state index in [9.17, 15) is 0 Å². The van der Waals surface area contributed by atoms with Crippen molar-refractivity contribution in [2.45, 2.75) is 40.2 Å². The van der Waals surface area contributed by atoms with Gasteiger partial charge in [-0.15, -0.1) is 0 Å². The second-order valence-corrected chi connectivity index (χ2v) is 5.38. The second kappa shape index (κ2) is 5.66. The van der Waals surface area contributed by atoms with Gasteiger partial charge in [0.05, 0.1) is 0 Å². The first kappa shape index (κ1) is 12.7. The maximum absolute atomic E-state index is 3.30. The molecular formula is C13H26N2. The van der Waals surface area contributed by atoms with Crippen molar-refractivity contribution in [2.75, 3.05) is 26.7 Å². The molecule has 0 spiro atoms. The SMILES string of the molecule is CC(CN(C)C(C)CC(C)C)=C1CNC1. The summed E-state index contributed by atoms with van der Waals surface area (Å²) in [6.07, 6.45) is 1.29. The van der Waals surface area contributed by atoms with E-state index in [-0.39, 0.29) is 0 Å². The van der Waals surface area contributed by atoms with E-state index in [0.717, 1.165) is 25.6 Å². The molecule has 1 aliphatic heterocycles. The van der Waals surface area contributed by atoms with E-state index in [2.05, 4.69) is 45.0 Å². The van der Waals surface area contributed by atoms with Crippen molar-refractivity contribution in [2.24, 2.45) is 5.92 Å². The first-order valence-corrected chi connectivity index (χ1v) is 6.09. The highest BCUT2D eigenvalue weighted by Gasteiger charge is 2.15. The van der Waals surface area contributed by atoms with E-state index >= 15 is 0 Å². The highest BCUT2D eigenvalue weighted by Crippen LogP contribution is 2.14. The average molecular weight is 210 g/mol. The third-order valence-electron chi connectivity index (χ3n) is 3.33. The van der Waals surface area contributed by atoms with Crippen molar-refractivity contribution >= 4 is 0 Å². The fourth-order valence-electron chi connectivity index (χ4n) is 2.06. The minimum atomic E-state index is 0.689. The second-order valence-electron chi connectivity index (χ2n) is 5.38. The molecule has 15 heavy (non-hydrogen) atoms. The molecule has 2 nitrogen and oxygen atoms in total. The third kappa shape index (κ3) is 3.96. The van der Waals surface area contributed by atoms with Crippen LogP contribution in [0.15, 0.2) is 11.1 Å². The molecule has 1 N–H and O–H groups in total. The number of likely N-dealkylation sites (N-methyl/N-ethyl adjacent to an activating group) is 1. The molecule has 0 aliphatic carbocycles. The van der Waals surface area contributed by atoms with Gasteiger partial charge < -0.3 is 5.32 Å². The van der Waals surface area contributed by atoms with Gasteiger partial charge in [0, 0.05) is 25.7 Å². The van der Waals surface area contributed by atoms with Crippen LogP contribution in [0.3, 0.4) is 0 Å². The summed E-state index contributed by atoms with van der Waals surface area (Å²) in [6.45, 7) is 12.5. The third-order valence-corrected chi connectivity index (χ3v) is 3.33. The fraction of sp³-hybridized carbons (Fsp3) is 0.846. The van der Waals surface area contributed by atoms with Crippen LogP contribution in [0.4, 0.5) is 0 Å². The lowest BCUT2D eigenvalue weighted by molar-refractivity contribution is 0.244. The first-order valence-electron chi connectivity index (χ1n) is 6.09. The van der Waals surface area contributed by atoms with Gasteiger partial charge in [-0.25, -0.2) is 0 Å². The molecule has 1 aliphatic rings. The van der Waals surface area contributed by atoms with E-state index in [1.807, 2.05) is 0 Å². The van der Waals surface area contributed by atoms with Crippen molar-refractivity contribution in [1.82, 2.24) is 10.2 Å². The van der Waals surface area contributed by atoms with Crippen LogP contribution in [0.1, 0.15) is 34.1 Å². The zero-order chi connectivity index (χ0) is 11.4. The molecule has 1 atom stereocenters. The first-order chi connectivity index (χ1) is 7.00. The molecule has 1 unspecified atom stereocenters. The number of rotatable bonds is 5. The van der Waals surface area contributed by atoms with Crippen molar-refractivity contribution in [3.05, 3.63) is 11.1 Å². The molecule has 0 amide bonds. The van der Waals surface area contributed by atoms with Crippen LogP contribution in [0.5, 0.6) is 0 Å². The summed E-state index contributed by atoms with van der Waals surface area (Å²) in [7, 11) is 2.24. The molecule has 1 heterocycles. The lowest BCUT2D eigenvalue weighted by Gasteiger charge is -2.29. The standard InChI is InChI=1S/C13H26N2/c1-10(2)6-12(4)15(5)9-11(3)13-7-14-8-13/h10,12,14H,6-9H2,1-5H3. The summed E-state index contributed by atoms with van der Waals surface area (Å²) >= 11 is 0. The summed E-state index contributed by atoms with van der Waals surface area (Å²) < 4.78 is 0. The van der Waals surface area contributed by atoms with Gasteiger partial charge in [-0.2, -0.15) is 0 Å². The number of hydrogen-bond acceptors (Lipinski definition) is 2. The maximum atomic E-state index is 3.30. The van der Waals surface area contributed by atoms with Crippen LogP contribution in [0.2, 0.25) is 0 Å². The van der Waals surface area contributed by atoms with E-state index < -0.39 is 0 Å². The smallest absolute Gasteiger partial charge is 0.0193 e. The Morgan fingerprint density at radius 1 is 1.33 bits per heavy atom. The lowest BCUT2D eigenvalue weighted by Crippen LogP contribution is -2.38. The van der Waals surface area contributed by atoms with Crippen molar-refractivity contribution < 1.29 is 0 Å². The summed E-state index contributed by atoms with van der Waals surface area (Å²) in [6, 6.07) is 0.689. The number of hydrogen-bond donors (Lipinski definition) is 1. The average Bonchev–Trinajstić information content (AvgIpc) is 1.98. The predicted octanol–water partition coefficient (Wildman–Crippen LogP) is 2.27. The highest BCUT2D eigenvalue weighted by molar-refractivity contribution is 5.22. The molecule has 0 radical (unpaired) electrons. The normalized spacial score (nSPS) is 18.2. The van der Waals surface area contributed by atoms with Crippen LogP contribution >= 0.6 is 0 Å². The molecule has 2 heteroatoms. The van der Waals surface area contributed by atoms with Crippen LogP contribution in [0, 0.1) is 5.92 Å². The van der Waals surface area contributed by atoms with Crippen molar-refractivity contribution in [1.29, 1.82) is 0 Å². The Kier molecular flexibility index (Phi) is 4.81. The van der Waals surface area contributed by atoms with E-state index in [0.29, 0.717) is 6.04 Å². The molecular weight excluding hydrogens is 184 g/mol. The van der Waals surface area contributed by atoms with Crippen LogP contribution in [-0.2, 0) is 0 Å². The largest absolute Gasteiger partial charge is 0.309 e. The topological polar surface area (TPSA) is 15.3 Å². The van der Waals surface area contributed by atoms with Crippen molar-refractivity contribution in [3.8, 4) is 0 Å². The minimum absolute atomic E-state index is 0.689. The monoisotopic (exact) mass is 210 g/mol. The molecule has 88 valence electrons. The zero-order valence-electron chi connectivity index (χ0n) is 10.9. The van der Waals surface area contributed by atoms with E-state index in [1.165, 1.54) is 6.42 Å². The summed E-state index contributed by atoms with van der Waals surface area (Å²) in [5.74, 6) is 0.792. The maximum Gasteiger partial charge on any atom is 0.0193 e. The lowest BCUT2D eigenvalue weighted by atomic mass is 10.0. The Morgan fingerprint density at radius 3 is 2.33 bits per heavy atom. The molecule has 0 aromatic rings. The molecule has 0 aromatic heterocycles. The van der Waals surface area contributed by atoms with Gasteiger partial charge in [0.2, 0.25) is 0 Å². The molecule has 1 saturated heterocycles. The fourth-order valence-corrected chi connectivity index (χ4v) is 2.06. The summed E-state index contributed by atoms with van der Waals surface area (Å²) in [5.41, 5.74) is 3.17. The van der Waals surface area contributed by atoms with Gasteiger partial charge in [0.25, 0.3) is 0 Å². The zero-order valence-corrected chi connectivity index (χ0v) is 10.9. The molecule has 0 bridgehead atoms. The number of nitrogens with one attached hydrogen (secondary N) is 1. The Labute approximate surface area is 94.7 Å². The van der Waals surface area contributed by atoms with Crippen molar-refractivity contribution in [3.63, 3.8) is 0 Å². The Morgan fingerprint density at radius 2 is 1.93 bits per heavy atom. The van der Waals surface area contributed by atoms with Gasteiger partial charge in [0.15, 0.2) is 0 Å². The molecule has 1 rings (SSSR count). The summed E-state index contributed by atoms with van der Waals surface area (Å²) in [4.78, 5) is 2.47. The number of nitrogens with zero attached hydrogens (tertiary/aromatic N) is 1. The summed E-state index contributed by atoms with van der Waals surface area (Å²) in [5, 5.41) is 3.30. The van der Waals surface area contributed by atoms with Gasteiger partial charge >= 0.3 is 0 Å². The molecule has 0 saturated carbocycles. The van der Waals surface area contributed by atoms with E-state index in [4.69, 9.17) is 0 Å². The Bertz CT molecular complexity index is 225. The van der Waals surface area contributed by atoms with Gasteiger partial charge in [-0.3, -0.25) is 4.90 Å². The van der Waals surface area contributed by atoms with Gasteiger partial charge in [-0.1, -0.05) is 19.4 Å². The van der Waals surface area contributed by atoms with Gasteiger partial charge in [-0.05, 0) is 38.8 Å². The minimum Gasteiger partial charge on any atom is -0.309 e. The molecule has 1 fully saturated rings. The molecule has 0 aromatic carbocycles. The predicted molar refractivity (Wildman–Crippen MR) is 67.1 cm³/mol. The quantitative estimate of drug-likeness (QED) is 0.700. The highest BCUT2D eigenvalue weighted by atomic mass is 15.1. The van der Waals surface area contributed by atoms with Crippen LogP contribution < -0.4 is 5.32 Å². The van der Waals surface area contributed by atoms with Gasteiger partial charge in [0.1, 0.15) is 0 Å². The van der Waals surface area contributed by atoms with Crippen LogP contribution in [0.25, 0.3) is 0 Å². The Balaban J connectivity index is 2.37. The van der Waals surface area contributed by atoms with E-state index in [1.54, 1.807) is 11.1 Å². The van der Waals surface area contributed by atoms with Crippen LogP contribution in [-0.4, -0.2) is 37.6 Å². The Hall–Kier alpha value is -0.340.